The van der Waals surface area contributed by atoms with Gasteiger partial charge in [-0.1, -0.05) is 6.92 Å². The molecule has 0 saturated heterocycles. The van der Waals surface area contributed by atoms with E-state index in [1.165, 1.54) is 23.0 Å². The number of nitrogens with zero attached hydrogens (tertiary/aromatic N) is 2. The molecular weight excluding hydrogens is 380 g/mol. The molecule has 0 unspecified atom stereocenters. The molecule has 9 heteroatoms. The standard InChI is InChI=1S/C19H20N4O4S/c1-11-4-5-13-14(7-11)28-18-16(13)17(21-10-22-18)27-9-15(24)23-19(25)20-8-12-3-2-6-26-12/h2-3,6,10-11H,4-5,7-9H2,1H3,(H2,20,23,24,25)/t11-/m0/s1. The monoisotopic (exact) mass is 400 g/mol. The third kappa shape index (κ3) is 3.99. The van der Waals surface area contributed by atoms with Crippen molar-refractivity contribution < 1.29 is 18.7 Å². The lowest BCUT2D eigenvalue weighted by Gasteiger charge is -2.18. The minimum absolute atomic E-state index is 0.193. The number of imide groups is 1. The molecule has 0 bridgehead atoms. The van der Waals surface area contributed by atoms with Gasteiger partial charge in [-0.05, 0) is 42.9 Å². The zero-order valence-corrected chi connectivity index (χ0v) is 16.2. The summed E-state index contributed by atoms with van der Waals surface area (Å²) in [6.45, 7) is 2.14. The average Bonchev–Trinajstić information content (AvgIpc) is 3.31. The first kappa shape index (κ1) is 18.4. The van der Waals surface area contributed by atoms with Crippen LogP contribution in [0.25, 0.3) is 10.2 Å². The zero-order valence-electron chi connectivity index (χ0n) is 15.4. The summed E-state index contributed by atoms with van der Waals surface area (Å²) in [5, 5.41) is 5.66. The molecule has 0 aliphatic heterocycles. The predicted octanol–water partition coefficient (Wildman–Crippen LogP) is 2.81. The highest BCUT2D eigenvalue weighted by molar-refractivity contribution is 7.18. The van der Waals surface area contributed by atoms with Crippen LogP contribution in [-0.2, 0) is 24.2 Å². The summed E-state index contributed by atoms with van der Waals surface area (Å²) in [5.41, 5.74) is 1.23. The fourth-order valence-electron chi connectivity index (χ4n) is 3.28. The van der Waals surface area contributed by atoms with Crippen molar-refractivity contribution in [3.8, 4) is 5.88 Å². The number of nitrogens with one attached hydrogen (secondary N) is 2. The van der Waals surface area contributed by atoms with Gasteiger partial charge in [0.05, 0.1) is 18.2 Å². The van der Waals surface area contributed by atoms with Crippen molar-refractivity contribution in [1.29, 1.82) is 0 Å². The van der Waals surface area contributed by atoms with Gasteiger partial charge in [-0.3, -0.25) is 10.1 Å². The van der Waals surface area contributed by atoms with Crippen molar-refractivity contribution in [2.45, 2.75) is 32.7 Å². The van der Waals surface area contributed by atoms with Gasteiger partial charge in [-0.15, -0.1) is 11.3 Å². The van der Waals surface area contributed by atoms with Crippen molar-refractivity contribution in [3.05, 3.63) is 40.9 Å². The number of carbonyl (C=O) groups is 2. The molecule has 3 amide bonds. The van der Waals surface area contributed by atoms with E-state index in [-0.39, 0.29) is 13.2 Å². The van der Waals surface area contributed by atoms with E-state index < -0.39 is 11.9 Å². The summed E-state index contributed by atoms with van der Waals surface area (Å²) < 4.78 is 10.7. The number of aromatic nitrogens is 2. The van der Waals surface area contributed by atoms with Crippen molar-refractivity contribution in [2.24, 2.45) is 5.92 Å². The van der Waals surface area contributed by atoms with Crippen LogP contribution >= 0.6 is 11.3 Å². The van der Waals surface area contributed by atoms with Gasteiger partial charge in [-0.2, -0.15) is 0 Å². The number of urea groups is 1. The molecular formula is C19H20N4O4S. The summed E-state index contributed by atoms with van der Waals surface area (Å²) in [7, 11) is 0. The molecule has 1 atom stereocenters. The van der Waals surface area contributed by atoms with E-state index in [4.69, 9.17) is 9.15 Å². The molecule has 2 N–H and O–H groups in total. The van der Waals surface area contributed by atoms with Crippen LogP contribution < -0.4 is 15.4 Å². The van der Waals surface area contributed by atoms with Crippen molar-refractivity contribution in [2.75, 3.05) is 6.61 Å². The molecule has 1 aliphatic rings. The normalized spacial score (nSPS) is 15.8. The van der Waals surface area contributed by atoms with E-state index in [9.17, 15) is 9.59 Å². The molecule has 4 rings (SSSR count). The lowest BCUT2D eigenvalue weighted by molar-refractivity contribution is -0.122. The van der Waals surface area contributed by atoms with Gasteiger partial charge < -0.3 is 14.5 Å². The Kier molecular flexibility index (Phi) is 5.25. The third-order valence-corrected chi connectivity index (χ3v) is 5.82. The Balaban J connectivity index is 1.37. The first-order valence-electron chi connectivity index (χ1n) is 9.08. The molecule has 0 spiro atoms. The molecule has 0 radical (unpaired) electrons. The highest BCUT2D eigenvalue weighted by atomic mass is 32.1. The Hall–Kier alpha value is -2.94. The van der Waals surface area contributed by atoms with Gasteiger partial charge in [0.25, 0.3) is 5.91 Å². The quantitative estimate of drug-likeness (QED) is 0.682. The maximum absolute atomic E-state index is 12.0. The van der Waals surface area contributed by atoms with Crippen LogP contribution in [0.15, 0.2) is 29.1 Å². The molecule has 1 aliphatic carbocycles. The lowest BCUT2D eigenvalue weighted by atomic mass is 9.89. The average molecular weight is 400 g/mol. The second-order valence-electron chi connectivity index (χ2n) is 6.81. The van der Waals surface area contributed by atoms with Crippen LogP contribution in [0, 0.1) is 5.92 Å². The minimum Gasteiger partial charge on any atom is -0.467 e. The maximum Gasteiger partial charge on any atom is 0.321 e. The number of thiophene rings is 1. The first-order chi connectivity index (χ1) is 13.6. The Morgan fingerprint density at radius 1 is 1.39 bits per heavy atom. The minimum atomic E-state index is -0.611. The Labute approximate surface area is 165 Å². The molecule has 8 nitrogen and oxygen atoms in total. The van der Waals surface area contributed by atoms with E-state index in [2.05, 4.69) is 27.5 Å². The number of hydrogen-bond donors (Lipinski definition) is 2. The number of ether oxygens (including phenoxy) is 1. The van der Waals surface area contributed by atoms with Gasteiger partial charge in [0.2, 0.25) is 5.88 Å². The highest BCUT2D eigenvalue weighted by Crippen LogP contribution is 2.40. The second-order valence-corrected chi connectivity index (χ2v) is 7.89. The molecule has 0 aromatic carbocycles. The van der Waals surface area contributed by atoms with Crippen LogP contribution in [-0.4, -0.2) is 28.5 Å². The number of furan rings is 1. The summed E-state index contributed by atoms with van der Waals surface area (Å²) in [4.78, 5) is 34.6. The van der Waals surface area contributed by atoms with Gasteiger partial charge in [0, 0.05) is 4.88 Å². The van der Waals surface area contributed by atoms with Gasteiger partial charge in [0.15, 0.2) is 6.61 Å². The summed E-state index contributed by atoms with van der Waals surface area (Å²) in [6, 6.07) is 2.84. The molecule has 3 aromatic rings. The third-order valence-electron chi connectivity index (χ3n) is 4.65. The number of hydrogen-bond acceptors (Lipinski definition) is 7. The van der Waals surface area contributed by atoms with Crippen molar-refractivity contribution in [1.82, 2.24) is 20.6 Å². The molecule has 3 heterocycles. The maximum atomic E-state index is 12.0. The number of aryl methyl sites for hydroxylation is 1. The molecule has 28 heavy (non-hydrogen) atoms. The summed E-state index contributed by atoms with van der Waals surface area (Å²) in [6.07, 6.45) is 6.06. The fraction of sp³-hybridized carbons (Fsp3) is 0.368. The number of fused-ring (bicyclic) bond motifs is 3. The van der Waals surface area contributed by atoms with Crippen LogP contribution in [0.3, 0.4) is 0 Å². The molecule has 0 fully saturated rings. The number of carbonyl (C=O) groups excluding carboxylic acids is 2. The van der Waals surface area contributed by atoms with Crippen molar-refractivity contribution >= 4 is 33.5 Å². The fourth-order valence-corrected chi connectivity index (χ4v) is 4.62. The van der Waals surface area contributed by atoms with E-state index in [0.717, 1.165) is 29.5 Å². The van der Waals surface area contributed by atoms with E-state index >= 15 is 0 Å². The molecule has 3 aromatic heterocycles. The van der Waals surface area contributed by atoms with Crippen molar-refractivity contribution in [3.63, 3.8) is 0 Å². The van der Waals surface area contributed by atoms with Gasteiger partial charge in [0.1, 0.15) is 16.9 Å². The summed E-state index contributed by atoms with van der Waals surface area (Å²) >= 11 is 1.66. The largest absolute Gasteiger partial charge is 0.467 e. The van der Waals surface area contributed by atoms with Gasteiger partial charge in [-0.25, -0.2) is 14.8 Å². The Bertz CT molecular complexity index is 999. The SMILES string of the molecule is C[C@H]1CCc2c(sc3ncnc(OCC(=O)NC(=O)NCc4ccco4)c23)C1. The van der Waals surface area contributed by atoms with Crippen LogP contribution in [0.5, 0.6) is 5.88 Å². The number of rotatable bonds is 5. The van der Waals surface area contributed by atoms with Crippen LogP contribution in [0.4, 0.5) is 4.79 Å². The summed E-state index contributed by atoms with van der Waals surface area (Å²) in [5.74, 6) is 1.09. The van der Waals surface area contributed by atoms with E-state index in [1.54, 1.807) is 23.5 Å². The lowest BCUT2D eigenvalue weighted by Crippen LogP contribution is -2.41. The van der Waals surface area contributed by atoms with Crippen LogP contribution in [0.2, 0.25) is 0 Å². The van der Waals surface area contributed by atoms with Gasteiger partial charge >= 0.3 is 6.03 Å². The Morgan fingerprint density at radius 2 is 2.29 bits per heavy atom. The predicted molar refractivity (Wildman–Crippen MR) is 103 cm³/mol. The first-order valence-corrected chi connectivity index (χ1v) is 9.90. The van der Waals surface area contributed by atoms with Crippen LogP contribution in [0.1, 0.15) is 29.5 Å². The van der Waals surface area contributed by atoms with E-state index in [0.29, 0.717) is 17.6 Å². The smallest absolute Gasteiger partial charge is 0.321 e. The molecule has 0 saturated carbocycles. The topological polar surface area (TPSA) is 106 Å². The molecule has 146 valence electrons. The Morgan fingerprint density at radius 3 is 3.11 bits per heavy atom. The van der Waals surface area contributed by atoms with E-state index in [1.807, 2.05) is 0 Å². The highest BCUT2D eigenvalue weighted by Gasteiger charge is 2.24. The number of amides is 3. The second kappa shape index (κ2) is 7.97. The zero-order chi connectivity index (χ0) is 19.5.